The van der Waals surface area contributed by atoms with Crippen molar-refractivity contribution in [3.8, 4) is 5.75 Å². The first-order chi connectivity index (χ1) is 17.1. The summed E-state index contributed by atoms with van der Waals surface area (Å²) < 4.78 is 41.9. The number of hydrogen-bond donors (Lipinski definition) is 3. The Hall–Kier alpha value is -4.67. The van der Waals surface area contributed by atoms with Crippen LogP contribution in [0.4, 0.5) is 30.5 Å². The monoisotopic (exact) mass is 496 g/mol. The number of anilines is 3. The van der Waals surface area contributed by atoms with E-state index in [0.29, 0.717) is 22.8 Å². The number of benzene rings is 2. The number of carbonyl (C=O) groups is 1. The van der Waals surface area contributed by atoms with Crippen molar-refractivity contribution in [2.24, 2.45) is 10.7 Å². The van der Waals surface area contributed by atoms with Crippen molar-refractivity contribution in [2.45, 2.75) is 13.1 Å². The van der Waals surface area contributed by atoms with Crippen LogP contribution in [0.25, 0.3) is 5.70 Å². The van der Waals surface area contributed by atoms with Crippen LogP contribution in [0.3, 0.4) is 0 Å². The molecular formula is C25H23F3N6O2. The summed E-state index contributed by atoms with van der Waals surface area (Å²) in [5.74, 6) is -0.303. The third-order valence-electron chi connectivity index (χ3n) is 4.60. The lowest BCUT2D eigenvalue weighted by Gasteiger charge is -2.13. The normalized spacial score (nSPS) is 11.8. The highest BCUT2D eigenvalue weighted by Gasteiger charge is 2.28. The molecule has 1 amide bonds. The van der Waals surface area contributed by atoms with Crippen LogP contribution in [0.5, 0.6) is 5.75 Å². The van der Waals surface area contributed by atoms with Gasteiger partial charge in [0.05, 0.1) is 17.6 Å². The van der Waals surface area contributed by atoms with E-state index in [4.69, 9.17) is 10.5 Å². The summed E-state index contributed by atoms with van der Waals surface area (Å²) in [7, 11) is 0. The molecule has 0 fully saturated rings. The quantitative estimate of drug-likeness (QED) is 0.349. The van der Waals surface area contributed by atoms with Crippen molar-refractivity contribution in [3.05, 3.63) is 90.4 Å². The van der Waals surface area contributed by atoms with E-state index in [1.165, 1.54) is 49.0 Å². The number of aromatic nitrogens is 2. The van der Waals surface area contributed by atoms with Gasteiger partial charge in [-0.15, -0.1) is 0 Å². The summed E-state index contributed by atoms with van der Waals surface area (Å²) in [6.07, 6.45) is 1.51. The van der Waals surface area contributed by atoms with Gasteiger partial charge >= 0.3 is 6.18 Å². The first kappa shape index (κ1) is 25.9. The number of amides is 1. The third kappa shape index (κ3) is 7.69. The molecule has 0 saturated heterocycles. The first-order valence-corrected chi connectivity index (χ1v) is 10.6. The topological polar surface area (TPSA) is 115 Å². The first-order valence-electron chi connectivity index (χ1n) is 10.6. The molecule has 0 bridgehead atoms. The Morgan fingerprint density at radius 1 is 1.22 bits per heavy atom. The Labute approximate surface area is 205 Å². The lowest BCUT2D eigenvalue weighted by Crippen LogP contribution is -2.19. The molecule has 1 heterocycles. The number of allylic oxidation sites excluding steroid dienone is 1. The minimum Gasteiger partial charge on any atom is -0.484 e. The molecule has 36 heavy (non-hydrogen) atoms. The number of nitrogens with two attached hydrogens (primary N) is 1. The van der Waals surface area contributed by atoms with Gasteiger partial charge in [-0.3, -0.25) is 9.79 Å². The number of carbonyl (C=O) groups excluding carboxylic acids is 1. The molecule has 0 aliphatic rings. The van der Waals surface area contributed by atoms with E-state index in [0.717, 1.165) is 5.56 Å². The van der Waals surface area contributed by atoms with E-state index in [9.17, 15) is 18.0 Å². The fraction of sp³-hybridized carbons (Fsp3) is 0.120. The van der Waals surface area contributed by atoms with Gasteiger partial charge in [-0.05, 0) is 48.9 Å². The fourth-order valence-electron chi connectivity index (χ4n) is 2.88. The fourth-order valence-corrected chi connectivity index (χ4v) is 2.88. The number of ether oxygens (including phenoxy) is 1. The molecule has 0 spiro atoms. The minimum atomic E-state index is -4.48. The number of nitrogens with one attached hydrogen (secondary N) is 2. The molecule has 8 nitrogen and oxygen atoms in total. The van der Waals surface area contributed by atoms with Crippen molar-refractivity contribution < 1.29 is 22.7 Å². The molecule has 3 rings (SSSR count). The predicted molar refractivity (Wildman–Crippen MR) is 133 cm³/mol. The molecule has 0 unspecified atom stereocenters. The SMILES string of the molecule is C=CC=N/C=C(\N)c1ccnc(Nc2cc(NC(=O)c3cccc(OCC(F)(F)F)c3)ccc2C)n1. The molecular weight excluding hydrogens is 473 g/mol. The van der Waals surface area contributed by atoms with E-state index in [2.05, 4.69) is 32.2 Å². The van der Waals surface area contributed by atoms with E-state index < -0.39 is 18.7 Å². The lowest BCUT2D eigenvalue weighted by molar-refractivity contribution is -0.153. The molecule has 0 saturated carbocycles. The second-order valence-corrected chi connectivity index (χ2v) is 7.42. The number of aliphatic imine (C=N–C) groups is 1. The Kier molecular flexibility index (Phi) is 8.39. The van der Waals surface area contributed by atoms with Crippen LogP contribution in [0, 0.1) is 6.92 Å². The Morgan fingerprint density at radius 2 is 2.03 bits per heavy atom. The van der Waals surface area contributed by atoms with Gasteiger partial charge in [0.15, 0.2) is 6.61 Å². The van der Waals surface area contributed by atoms with Gasteiger partial charge in [0.1, 0.15) is 5.75 Å². The number of hydrogen-bond acceptors (Lipinski definition) is 7. The number of rotatable bonds is 9. The highest BCUT2D eigenvalue weighted by Crippen LogP contribution is 2.24. The van der Waals surface area contributed by atoms with Crippen molar-refractivity contribution in [3.63, 3.8) is 0 Å². The lowest BCUT2D eigenvalue weighted by atomic mass is 10.1. The summed E-state index contributed by atoms with van der Waals surface area (Å²) >= 11 is 0. The molecule has 186 valence electrons. The molecule has 4 N–H and O–H groups in total. The van der Waals surface area contributed by atoms with E-state index >= 15 is 0 Å². The molecule has 0 aliphatic heterocycles. The van der Waals surface area contributed by atoms with Crippen LogP contribution in [0.1, 0.15) is 21.6 Å². The Balaban J connectivity index is 1.74. The average molecular weight is 496 g/mol. The van der Waals surface area contributed by atoms with Gasteiger partial charge in [-0.1, -0.05) is 24.8 Å². The zero-order valence-electron chi connectivity index (χ0n) is 19.2. The van der Waals surface area contributed by atoms with Crippen LogP contribution in [0.2, 0.25) is 0 Å². The molecule has 3 aromatic rings. The smallest absolute Gasteiger partial charge is 0.422 e. The third-order valence-corrected chi connectivity index (χ3v) is 4.60. The van der Waals surface area contributed by atoms with Crippen LogP contribution in [0.15, 0.2) is 78.6 Å². The summed E-state index contributed by atoms with van der Waals surface area (Å²) in [6.45, 7) is 3.95. The largest absolute Gasteiger partial charge is 0.484 e. The standard InChI is InChI=1S/C25H23F3N6O2/c1-3-10-30-14-20(29)21-9-11-31-24(33-21)34-22-13-18(8-7-16(22)2)32-23(35)17-5-4-6-19(12-17)36-15-25(26,27)28/h3-14H,1,15,29H2,2H3,(H,32,35)(H,31,33,34)/b20-14-,30-10?. The maximum Gasteiger partial charge on any atom is 0.422 e. The van der Waals surface area contributed by atoms with Gasteiger partial charge in [0.2, 0.25) is 5.95 Å². The maximum atomic E-state index is 12.7. The molecule has 0 atom stereocenters. The van der Waals surface area contributed by atoms with Crippen LogP contribution in [-0.4, -0.2) is 34.9 Å². The van der Waals surface area contributed by atoms with Crippen molar-refractivity contribution in [1.29, 1.82) is 0 Å². The highest BCUT2D eigenvalue weighted by molar-refractivity contribution is 6.04. The van der Waals surface area contributed by atoms with Crippen molar-refractivity contribution in [2.75, 3.05) is 17.2 Å². The molecule has 1 aromatic heterocycles. The van der Waals surface area contributed by atoms with Gasteiger partial charge in [-0.2, -0.15) is 13.2 Å². The summed E-state index contributed by atoms with van der Waals surface area (Å²) in [5, 5.41) is 5.81. The maximum absolute atomic E-state index is 12.7. The number of nitrogens with zero attached hydrogens (tertiary/aromatic N) is 3. The molecule has 11 heteroatoms. The van der Waals surface area contributed by atoms with E-state index in [-0.39, 0.29) is 17.3 Å². The molecule has 0 radical (unpaired) electrons. The second kappa shape index (κ2) is 11.6. The predicted octanol–water partition coefficient (Wildman–Crippen LogP) is 5.24. The minimum absolute atomic E-state index is 0.0632. The Bertz CT molecular complexity index is 1300. The zero-order valence-corrected chi connectivity index (χ0v) is 19.2. The van der Waals surface area contributed by atoms with Crippen LogP contribution in [-0.2, 0) is 0 Å². The number of halogens is 3. The second-order valence-electron chi connectivity index (χ2n) is 7.42. The summed E-state index contributed by atoms with van der Waals surface area (Å²) in [4.78, 5) is 25.2. The van der Waals surface area contributed by atoms with Gasteiger partial charge in [-0.25, -0.2) is 9.97 Å². The molecule has 2 aromatic carbocycles. The molecule has 0 aliphatic carbocycles. The average Bonchev–Trinajstić information content (AvgIpc) is 2.85. The van der Waals surface area contributed by atoms with E-state index in [1.807, 2.05) is 6.92 Å². The summed E-state index contributed by atoms with van der Waals surface area (Å²) in [6, 6.07) is 12.3. The zero-order chi connectivity index (χ0) is 26.1. The number of alkyl halides is 3. The van der Waals surface area contributed by atoms with Crippen molar-refractivity contribution >= 4 is 35.1 Å². The van der Waals surface area contributed by atoms with Gasteiger partial charge in [0.25, 0.3) is 5.91 Å². The van der Waals surface area contributed by atoms with Gasteiger partial charge in [0, 0.05) is 29.3 Å². The Morgan fingerprint density at radius 3 is 2.78 bits per heavy atom. The van der Waals surface area contributed by atoms with Crippen molar-refractivity contribution in [1.82, 2.24) is 9.97 Å². The van der Waals surface area contributed by atoms with Crippen LogP contribution >= 0.6 is 0 Å². The van der Waals surface area contributed by atoms with Crippen LogP contribution < -0.4 is 21.1 Å². The summed E-state index contributed by atoms with van der Waals surface area (Å²) in [5.41, 5.74) is 8.85. The van der Waals surface area contributed by atoms with Gasteiger partial charge < -0.3 is 21.1 Å². The highest BCUT2D eigenvalue weighted by atomic mass is 19.4. The van der Waals surface area contributed by atoms with E-state index in [1.54, 1.807) is 24.3 Å². The number of aryl methyl sites for hydroxylation is 1.